The summed E-state index contributed by atoms with van der Waals surface area (Å²) in [4.78, 5) is 20.6. The molecule has 0 aliphatic carbocycles. The molecule has 1 unspecified atom stereocenters. The number of nitrogens with zero attached hydrogens (tertiary/aromatic N) is 3. The van der Waals surface area contributed by atoms with Gasteiger partial charge < -0.3 is 29.1 Å². The maximum Gasteiger partial charge on any atom is 0.368 e. The minimum atomic E-state index is -0.961. The van der Waals surface area contributed by atoms with E-state index in [2.05, 4.69) is 29.0 Å². The van der Waals surface area contributed by atoms with Gasteiger partial charge in [-0.2, -0.15) is 4.98 Å². The van der Waals surface area contributed by atoms with Gasteiger partial charge in [0.25, 0.3) is 6.01 Å². The SMILES string of the molecule is COc1ccc(C(OC[C@H]2O[C@@H](n3cnc4c(=O)oc(N)nc43)CC2C)(c2ccccc2)c2ccc(OC)cc2)cc1. The molecule has 216 valence electrons. The summed E-state index contributed by atoms with van der Waals surface area (Å²) in [6.07, 6.45) is 1.55. The zero-order valence-corrected chi connectivity index (χ0v) is 23.6. The van der Waals surface area contributed by atoms with E-state index in [1.165, 1.54) is 6.33 Å². The standard InChI is InChI=1S/C32H32N4O6/c1-20-17-27(36-19-34-28-29(36)35-31(33)42-30(28)37)41-26(20)18-40-32(21-7-5-4-6-8-21,22-9-13-24(38-2)14-10-22)23-11-15-25(39-3)16-12-23/h4-16,19-20,26-27H,17-18H2,1-3H3,(H2,33,35)/t20?,26-,27-/m1/s1. The van der Waals surface area contributed by atoms with Gasteiger partial charge in [-0.1, -0.05) is 61.5 Å². The van der Waals surface area contributed by atoms with Crippen molar-refractivity contribution in [2.75, 3.05) is 26.6 Å². The number of imidazole rings is 1. The molecule has 1 saturated heterocycles. The Hall–Kier alpha value is -4.67. The first-order valence-corrected chi connectivity index (χ1v) is 13.7. The second kappa shape index (κ2) is 11.3. The third kappa shape index (κ3) is 4.88. The van der Waals surface area contributed by atoms with Crippen LogP contribution in [0.1, 0.15) is 36.3 Å². The molecule has 10 heteroatoms. The van der Waals surface area contributed by atoms with Crippen molar-refractivity contribution < 1.29 is 23.4 Å². The minimum Gasteiger partial charge on any atom is -0.497 e. The summed E-state index contributed by atoms with van der Waals surface area (Å²) >= 11 is 0. The van der Waals surface area contributed by atoms with E-state index in [4.69, 9.17) is 29.1 Å². The number of nitrogen functional groups attached to an aromatic ring is 1. The van der Waals surface area contributed by atoms with Crippen LogP contribution in [0, 0.1) is 5.92 Å². The Balaban J connectivity index is 1.37. The largest absolute Gasteiger partial charge is 0.497 e. The first-order valence-electron chi connectivity index (χ1n) is 13.7. The van der Waals surface area contributed by atoms with Gasteiger partial charge in [-0.3, -0.25) is 4.57 Å². The van der Waals surface area contributed by atoms with Crippen molar-refractivity contribution in [1.29, 1.82) is 0 Å². The van der Waals surface area contributed by atoms with Crippen LogP contribution in [0.4, 0.5) is 6.01 Å². The zero-order chi connectivity index (χ0) is 29.3. The molecule has 1 aliphatic rings. The second-order valence-electron chi connectivity index (χ2n) is 10.3. The third-order valence-electron chi connectivity index (χ3n) is 7.86. The van der Waals surface area contributed by atoms with E-state index in [-0.39, 0.29) is 30.2 Å². The molecular formula is C32H32N4O6. The topological polar surface area (TPSA) is 124 Å². The Morgan fingerprint density at radius 2 is 1.52 bits per heavy atom. The van der Waals surface area contributed by atoms with Crippen molar-refractivity contribution >= 4 is 17.2 Å². The summed E-state index contributed by atoms with van der Waals surface area (Å²) in [5, 5.41) is 0. The molecular weight excluding hydrogens is 536 g/mol. The predicted octanol–water partition coefficient (Wildman–Crippen LogP) is 4.92. The molecule has 3 aromatic carbocycles. The number of ether oxygens (including phenoxy) is 4. The molecule has 6 rings (SSSR count). The fraction of sp³-hybridized carbons (Fsp3) is 0.281. The monoisotopic (exact) mass is 568 g/mol. The van der Waals surface area contributed by atoms with Gasteiger partial charge in [0.05, 0.1) is 33.3 Å². The lowest BCUT2D eigenvalue weighted by Crippen LogP contribution is -2.36. The molecule has 2 N–H and O–H groups in total. The van der Waals surface area contributed by atoms with E-state index in [9.17, 15) is 4.79 Å². The van der Waals surface area contributed by atoms with Crippen LogP contribution in [0.5, 0.6) is 11.5 Å². The summed E-state index contributed by atoms with van der Waals surface area (Å²) in [6.45, 7) is 2.41. The van der Waals surface area contributed by atoms with E-state index in [0.29, 0.717) is 12.1 Å². The van der Waals surface area contributed by atoms with E-state index in [0.717, 1.165) is 28.2 Å². The molecule has 1 fully saturated rings. The van der Waals surface area contributed by atoms with Crippen LogP contribution in [0.15, 0.2) is 94.4 Å². The van der Waals surface area contributed by atoms with Gasteiger partial charge in [-0.05, 0) is 53.3 Å². The van der Waals surface area contributed by atoms with Gasteiger partial charge in [-0.25, -0.2) is 9.78 Å². The van der Waals surface area contributed by atoms with Crippen LogP contribution >= 0.6 is 0 Å². The second-order valence-corrected chi connectivity index (χ2v) is 10.3. The Morgan fingerprint density at radius 3 is 2.12 bits per heavy atom. The quantitative estimate of drug-likeness (QED) is 0.247. The van der Waals surface area contributed by atoms with Crippen LogP contribution in [-0.4, -0.2) is 41.5 Å². The van der Waals surface area contributed by atoms with Crippen LogP contribution < -0.4 is 20.8 Å². The highest BCUT2D eigenvalue weighted by Crippen LogP contribution is 2.43. The van der Waals surface area contributed by atoms with Crippen LogP contribution in [0.25, 0.3) is 11.2 Å². The minimum absolute atomic E-state index is 0.113. The molecule has 0 saturated carbocycles. The lowest BCUT2D eigenvalue weighted by molar-refractivity contribution is -0.0820. The molecule has 3 atom stereocenters. The van der Waals surface area contributed by atoms with Crippen LogP contribution in [0.3, 0.4) is 0 Å². The summed E-state index contributed by atoms with van der Waals surface area (Å²) in [7, 11) is 3.29. The van der Waals surface area contributed by atoms with Gasteiger partial charge >= 0.3 is 5.63 Å². The summed E-state index contributed by atoms with van der Waals surface area (Å²) in [6, 6.07) is 25.7. The van der Waals surface area contributed by atoms with Crippen LogP contribution in [-0.2, 0) is 15.1 Å². The van der Waals surface area contributed by atoms with E-state index >= 15 is 0 Å². The van der Waals surface area contributed by atoms with E-state index < -0.39 is 17.5 Å². The average Bonchev–Trinajstić information content (AvgIpc) is 3.61. The van der Waals surface area contributed by atoms with Crippen molar-refractivity contribution in [2.45, 2.75) is 31.3 Å². The van der Waals surface area contributed by atoms with Gasteiger partial charge in [0.15, 0.2) is 11.2 Å². The molecule has 0 bridgehead atoms. The van der Waals surface area contributed by atoms with Gasteiger partial charge in [0, 0.05) is 0 Å². The highest BCUT2D eigenvalue weighted by Gasteiger charge is 2.41. The highest BCUT2D eigenvalue weighted by molar-refractivity contribution is 5.69. The lowest BCUT2D eigenvalue weighted by atomic mass is 9.80. The predicted molar refractivity (Wildman–Crippen MR) is 156 cm³/mol. The lowest BCUT2D eigenvalue weighted by Gasteiger charge is -2.37. The molecule has 0 amide bonds. The average molecular weight is 569 g/mol. The number of anilines is 1. The van der Waals surface area contributed by atoms with Crippen LogP contribution in [0.2, 0.25) is 0 Å². The Bertz CT molecular complexity index is 1670. The number of benzene rings is 3. The van der Waals surface area contributed by atoms with Crippen molar-refractivity contribution in [1.82, 2.24) is 14.5 Å². The first-order chi connectivity index (χ1) is 20.4. The summed E-state index contributed by atoms with van der Waals surface area (Å²) < 4.78 is 31.1. The van der Waals surface area contributed by atoms with Crippen molar-refractivity contribution in [3.8, 4) is 11.5 Å². The van der Waals surface area contributed by atoms with Crippen molar-refractivity contribution in [3.63, 3.8) is 0 Å². The maximum atomic E-state index is 12.2. The Kier molecular flexibility index (Phi) is 7.40. The number of hydrogen-bond acceptors (Lipinski definition) is 9. The van der Waals surface area contributed by atoms with Gasteiger partial charge in [0.2, 0.25) is 0 Å². The summed E-state index contributed by atoms with van der Waals surface area (Å²) in [5.74, 6) is 1.63. The molecule has 3 heterocycles. The normalized spacial score (nSPS) is 18.8. The number of nitrogens with two attached hydrogens (primary N) is 1. The molecule has 1 aliphatic heterocycles. The van der Waals surface area contributed by atoms with Gasteiger partial charge in [-0.15, -0.1) is 0 Å². The number of fused-ring (bicyclic) bond motifs is 1. The number of hydrogen-bond donors (Lipinski definition) is 1. The summed E-state index contributed by atoms with van der Waals surface area (Å²) in [5.41, 5.74) is 7.41. The highest BCUT2D eigenvalue weighted by atomic mass is 16.6. The number of methoxy groups -OCH3 is 2. The molecule has 2 aromatic heterocycles. The number of rotatable bonds is 9. The van der Waals surface area contributed by atoms with Crippen molar-refractivity contribution in [2.24, 2.45) is 5.92 Å². The van der Waals surface area contributed by atoms with E-state index in [1.54, 1.807) is 18.8 Å². The molecule has 10 nitrogen and oxygen atoms in total. The maximum absolute atomic E-state index is 12.2. The van der Waals surface area contributed by atoms with Crippen molar-refractivity contribution in [3.05, 3.63) is 112 Å². The Labute approximate surface area is 242 Å². The fourth-order valence-electron chi connectivity index (χ4n) is 5.62. The first kappa shape index (κ1) is 27.5. The van der Waals surface area contributed by atoms with Gasteiger partial charge in [0.1, 0.15) is 23.3 Å². The smallest absolute Gasteiger partial charge is 0.368 e. The molecule has 5 aromatic rings. The zero-order valence-electron chi connectivity index (χ0n) is 23.6. The number of aromatic nitrogens is 3. The van der Waals surface area contributed by atoms with E-state index in [1.807, 2.05) is 66.7 Å². The third-order valence-corrected chi connectivity index (χ3v) is 7.86. The molecule has 0 radical (unpaired) electrons. The fourth-order valence-corrected chi connectivity index (χ4v) is 5.62. The Morgan fingerprint density at radius 1 is 0.929 bits per heavy atom. The molecule has 42 heavy (non-hydrogen) atoms. The molecule has 0 spiro atoms.